The van der Waals surface area contributed by atoms with Gasteiger partial charge in [0.2, 0.25) is 17.7 Å². The molecule has 1 aromatic heterocycles. The van der Waals surface area contributed by atoms with E-state index in [1.54, 1.807) is 30.3 Å². The smallest absolute Gasteiger partial charge is 0.405 e. The van der Waals surface area contributed by atoms with Gasteiger partial charge in [-0.3, -0.25) is 14.4 Å². The maximum Gasteiger partial charge on any atom is 0.405 e. The molecule has 2 aromatic rings. The number of hydrogen-bond acceptors (Lipinski definition) is 8. The number of H-pyrrole nitrogens is 1. The average Bonchev–Trinajstić information content (AvgIpc) is 3.78. The number of nitrogens with zero attached hydrogens (tertiary/aromatic N) is 1. The number of hydrogen-bond donors (Lipinski definition) is 10. The number of nitrogens with two attached hydrogens (primary N) is 3. The summed E-state index contributed by atoms with van der Waals surface area (Å²) in [4.78, 5) is 73.8. The molecule has 1 heterocycles. The van der Waals surface area contributed by atoms with Gasteiger partial charge < -0.3 is 53.2 Å². The van der Waals surface area contributed by atoms with Crippen LogP contribution in [0.3, 0.4) is 0 Å². The van der Waals surface area contributed by atoms with Gasteiger partial charge in [0.05, 0.1) is 36.0 Å². The molecule has 0 radical (unpaired) electrons. The van der Waals surface area contributed by atoms with Crippen LogP contribution in [-0.4, -0.2) is 84.1 Å². The Balaban J connectivity index is 2.07. The summed E-state index contributed by atoms with van der Waals surface area (Å²) in [6, 6.07) is 6.68. The molecule has 2 aliphatic carbocycles. The van der Waals surface area contributed by atoms with Gasteiger partial charge in [0.15, 0.2) is 5.41 Å². The van der Waals surface area contributed by atoms with Crippen LogP contribution in [0.15, 0.2) is 42.9 Å². The van der Waals surface area contributed by atoms with E-state index in [1.165, 1.54) is 12.5 Å². The van der Waals surface area contributed by atoms with Crippen LogP contribution in [0.25, 0.3) is 0 Å². The highest BCUT2D eigenvalue weighted by molar-refractivity contribution is 6.06. The number of carboxylic acid groups (broad SMARTS) is 2. The molecule has 0 bridgehead atoms. The zero-order valence-corrected chi connectivity index (χ0v) is 27.9. The summed E-state index contributed by atoms with van der Waals surface area (Å²) in [5.74, 6) is -7.07. The van der Waals surface area contributed by atoms with Crippen molar-refractivity contribution in [2.75, 3.05) is 0 Å². The number of amides is 5. The summed E-state index contributed by atoms with van der Waals surface area (Å²) in [6.07, 6.45) is -0.166. The average molecular weight is 700 g/mol. The molecule has 3 unspecified atom stereocenters. The van der Waals surface area contributed by atoms with E-state index in [0.717, 1.165) is 19.3 Å². The zero-order chi connectivity index (χ0) is 36.6. The second kappa shape index (κ2) is 16.3. The minimum absolute atomic E-state index is 0.0660. The van der Waals surface area contributed by atoms with Crippen molar-refractivity contribution < 1.29 is 44.4 Å². The summed E-state index contributed by atoms with van der Waals surface area (Å²) in [7, 11) is 0. The van der Waals surface area contributed by atoms with Crippen molar-refractivity contribution >= 4 is 29.9 Å². The van der Waals surface area contributed by atoms with E-state index in [0.29, 0.717) is 31.2 Å². The van der Waals surface area contributed by atoms with Crippen molar-refractivity contribution in [3.8, 4) is 0 Å². The van der Waals surface area contributed by atoms with Crippen molar-refractivity contribution in [1.82, 2.24) is 20.6 Å². The third-order valence-corrected chi connectivity index (χ3v) is 10.8. The van der Waals surface area contributed by atoms with E-state index >= 15 is 0 Å². The third kappa shape index (κ3) is 8.35. The first-order chi connectivity index (χ1) is 23.7. The van der Waals surface area contributed by atoms with Crippen LogP contribution in [0, 0.1) is 23.2 Å². The van der Waals surface area contributed by atoms with Gasteiger partial charge in [-0.05, 0) is 55.9 Å². The van der Waals surface area contributed by atoms with Crippen LogP contribution in [-0.2, 0) is 20.8 Å². The maximum atomic E-state index is 14.0. The highest BCUT2D eigenvalue weighted by Gasteiger charge is 2.67. The number of rotatable bonds is 19. The fourth-order valence-corrected chi connectivity index (χ4v) is 8.12. The molecule has 274 valence electrons. The Hall–Kier alpha value is -4.70. The molecule has 1 aromatic carbocycles. The Morgan fingerprint density at radius 2 is 1.56 bits per heavy atom. The number of aromatic nitrogens is 2. The monoisotopic (exact) mass is 699 g/mol. The Morgan fingerprint density at radius 3 is 2.06 bits per heavy atom. The standard InChI is InChI=1S/C34H49N7O9/c35-28(44)23(24-17-38-18-39-24)16-34(41-32(49)50,33(29(36)45,30(37)46)14-13-19-7-3-1-4-8-19)27(40-31(47)48)22(15-20-9-5-2-6-10-20)26(43)25(42)21-11-12-21/h1,3-4,7-8,17-18,20-23,25-27,40-43H,2,5-6,9-16H2,(H2,35,44)(H2,36,45)(H2,37,46)(H,38,39)(H,47,48)(H,49,50)/t22-,23?,25+,26-,27?,34?/m1/s1. The van der Waals surface area contributed by atoms with Gasteiger partial charge >= 0.3 is 12.2 Å². The quantitative estimate of drug-likeness (QED) is 0.0938. The lowest BCUT2D eigenvalue weighted by molar-refractivity contribution is -0.152. The minimum Gasteiger partial charge on any atom is -0.465 e. The van der Waals surface area contributed by atoms with Crippen LogP contribution in [0.2, 0.25) is 0 Å². The summed E-state index contributed by atoms with van der Waals surface area (Å²) >= 11 is 0. The van der Waals surface area contributed by atoms with Crippen molar-refractivity contribution in [1.29, 1.82) is 0 Å². The molecule has 16 heteroatoms. The van der Waals surface area contributed by atoms with Gasteiger partial charge in [-0.15, -0.1) is 0 Å². The van der Waals surface area contributed by atoms with E-state index in [9.17, 15) is 44.4 Å². The molecule has 0 spiro atoms. The van der Waals surface area contributed by atoms with E-state index in [2.05, 4.69) is 20.6 Å². The number of imidazole rings is 1. The van der Waals surface area contributed by atoms with Gasteiger partial charge in [-0.25, -0.2) is 14.6 Å². The molecule has 5 amide bonds. The zero-order valence-electron chi connectivity index (χ0n) is 27.9. The van der Waals surface area contributed by atoms with Gasteiger partial charge in [-0.2, -0.15) is 0 Å². The number of aryl methyl sites for hydroxylation is 1. The van der Waals surface area contributed by atoms with Crippen molar-refractivity contribution in [3.63, 3.8) is 0 Å². The van der Waals surface area contributed by atoms with Gasteiger partial charge in [0, 0.05) is 17.8 Å². The first-order valence-electron chi connectivity index (χ1n) is 17.0. The molecule has 6 atom stereocenters. The highest BCUT2D eigenvalue weighted by Crippen LogP contribution is 2.49. The van der Waals surface area contributed by atoms with Gasteiger partial charge in [0.1, 0.15) is 0 Å². The molecule has 2 saturated carbocycles. The number of primary amides is 3. The van der Waals surface area contributed by atoms with Gasteiger partial charge in [-0.1, -0.05) is 62.4 Å². The Morgan fingerprint density at radius 1 is 0.920 bits per heavy atom. The van der Waals surface area contributed by atoms with Crippen molar-refractivity contribution in [2.24, 2.45) is 40.4 Å². The predicted molar refractivity (Wildman–Crippen MR) is 179 cm³/mol. The summed E-state index contributed by atoms with van der Waals surface area (Å²) in [5.41, 5.74) is 13.4. The molecular formula is C34H49N7O9. The third-order valence-electron chi connectivity index (χ3n) is 10.8. The van der Waals surface area contributed by atoms with Crippen LogP contribution in [0.1, 0.15) is 81.4 Å². The van der Waals surface area contributed by atoms with Crippen LogP contribution in [0.5, 0.6) is 0 Å². The molecule has 2 aliphatic rings. The lowest BCUT2D eigenvalue weighted by Gasteiger charge is -2.54. The van der Waals surface area contributed by atoms with Crippen LogP contribution in [0.4, 0.5) is 9.59 Å². The Kier molecular flexibility index (Phi) is 12.5. The number of carbonyl (C=O) groups excluding carboxylic acids is 3. The second-order valence-electron chi connectivity index (χ2n) is 13.8. The summed E-state index contributed by atoms with van der Waals surface area (Å²) < 4.78 is 0. The predicted octanol–water partition coefficient (Wildman–Crippen LogP) is 1.32. The molecule has 13 N–H and O–H groups in total. The topological polar surface area (TPSA) is 297 Å². The molecule has 0 saturated heterocycles. The molecule has 2 fully saturated rings. The Labute approximate surface area is 289 Å². The molecule has 50 heavy (non-hydrogen) atoms. The first kappa shape index (κ1) is 38.1. The van der Waals surface area contributed by atoms with Crippen molar-refractivity contribution in [2.45, 2.75) is 100 Å². The number of aliphatic hydroxyl groups excluding tert-OH is 2. The number of carbonyl (C=O) groups is 5. The lowest BCUT2D eigenvalue weighted by atomic mass is 9.55. The largest absolute Gasteiger partial charge is 0.465 e. The van der Waals surface area contributed by atoms with E-state index in [-0.39, 0.29) is 30.4 Å². The minimum atomic E-state index is -2.75. The molecular weight excluding hydrogens is 650 g/mol. The molecule has 4 rings (SSSR count). The van der Waals surface area contributed by atoms with Crippen LogP contribution < -0.4 is 27.8 Å². The number of benzene rings is 1. The van der Waals surface area contributed by atoms with Crippen LogP contribution >= 0.6 is 0 Å². The number of aromatic amines is 1. The fourth-order valence-electron chi connectivity index (χ4n) is 8.12. The molecule has 0 aliphatic heterocycles. The normalized spacial score (nSPS) is 19.6. The number of nitrogens with one attached hydrogen (secondary N) is 3. The Bertz CT molecular complexity index is 1470. The maximum absolute atomic E-state index is 14.0. The molecule has 16 nitrogen and oxygen atoms in total. The van der Waals surface area contributed by atoms with Crippen molar-refractivity contribution in [3.05, 3.63) is 54.1 Å². The van der Waals surface area contributed by atoms with E-state index < -0.39 is 83.8 Å². The first-order valence-corrected chi connectivity index (χ1v) is 17.0. The summed E-state index contributed by atoms with van der Waals surface area (Å²) in [5, 5.41) is 48.9. The van der Waals surface area contributed by atoms with E-state index in [4.69, 9.17) is 17.2 Å². The summed E-state index contributed by atoms with van der Waals surface area (Å²) in [6.45, 7) is 0. The van der Waals surface area contributed by atoms with Gasteiger partial charge in [0.25, 0.3) is 0 Å². The fraction of sp³-hybridized carbons (Fsp3) is 0.588. The SMILES string of the molecule is NC(=O)C(CC(NC(=O)O)(C(NC(=O)O)[C@H](CC1CCCCC1)[C@@H](O)[C@@H](O)C1CC1)C(CCc1ccccc1)(C(N)=O)C(N)=O)c1cnc[nH]1. The number of aliphatic hydroxyl groups is 2. The highest BCUT2D eigenvalue weighted by atomic mass is 16.4. The van der Waals surface area contributed by atoms with E-state index in [1.807, 2.05) is 0 Å². The lowest BCUT2D eigenvalue weighted by Crippen LogP contribution is -2.79. The second-order valence-corrected chi connectivity index (χ2v) is 13.8.